The van der Waals surface area contributed by atoms with Crippen LogP contribution in [0.15, 0.2) is 74.5 Å². The van der Waals surface area contributed by atoms with Gasteiger partial charge in [-0.3, -0.25) is 9.20 Å². The number of furan rings is 1. The van der Waals surface area contributed by atoms with Crippen LogP contribution < -0.4 is 5.43 Å². The summed E-state index contributed by atoms with van der Waals surface area (Å²) in [5.41, 5.74) is 2.43. The van der Waals surface area contributed by atoms with Crippen molar-refractivity contribution in [3.8, 4) is 11.6 Å². The average molecular weight is 388 g/mol. The predicted octanol–water partition coefficient (Wildman–Crippen LogP) is 5.06. The number of benzene rings is 2. The zero-order chi connectivity index (χ0) is 18.8. The largest absolute Gasteiger partial charge is 0.461 e. The zero-order valence-electron chi connectivity index (χ0n) is 14.2. The third-order valence-electron chi connectivity index (χ3n) is 4.78. The second-order valence-electron chi connectivity index (χ2n) is 6.42. The van der Waals surface area contributed by atoms with Crippen molar-refractivity contribution >= 4 is 50.4 Å². The number of hydrogen-bond donors (Lipinski definition) is 0. The van der Waals surface area contributed by atoms with Crippen molar-refractivity contribution in [2.75, 3.05) is 0 Å². The van der Waals surface area contributed by atoms with E-state index in [1.807, 2.05) is 28.7 Å². The number of aromatic nitrogens is 3. The zero-order valence-corrected chi connectivity index (χ0v) is 15.0. The van der Waals surface area contributed by atoms with E-state index in [0.717, 1.165) is 11.0 Å². The van der Waals surface area contributed by atoms with E-state index in [0.29, 0.717) is 38.6 Å². The number of halogens is 1. The van der Waals surface area contributed by atoms with Crippen LogP contribution in [0, 0.1) is 0 Å². The van der Waals surface area contributed by atoms with Gasteiger partial charge in [-0.2, -0.15) is 4.98 Å². The summed E-state index contributed by atoms with van der Waals surface area (Å²) in [4.78, 5) is 22.6. The SMILES string of the molecule is O=c1c2cc(Cl)ccc2oc2nc(-c3ccco3)n3c4ccccc4nc3c12. The Labute approximate surface area is 161 Å². The summed E-state index contributed by atoms with van der Waals surface area (Å²) in [6, 6.07) is 16.2. The molecule has 0 N–H and O–H groups in total. The molecule has 6 rings (SSSR count). The molecule has 0 fully saturated rings. The normalized spacial score (nSPS) is 11.9. The molecule has 0 aliphatic carbocycles. The van der Waals surface area contributed by atoms with Crippen molar-refractivity contribution in [3.63, 3.8) is 0 Å². The lowest BCUT2D eigenvalue weighted by Gasteiger charge is -2.07. The second kappa shape index (κ2) is 5.43. The van der Waals surface area contributed by atoms with Crippen molar-refractivity contribution in [2.45, 2.75) is 0 Å². The number of rotatable bonds is 1. The summed E-state index contributed by atoms with van der Waals surface area (Å²) in [6.07, 6.45) is 1.57. The molecule has 6 aromatic rings. The van der Waals surface area contributed by atoms with Crippen LogP contribution in [0.5, 0.6) is 0 Å². The number of para-hydroxylation sites is 2. The molecule has 4 heterocycles. The second-order valence-corrected chi connectivity index (χ2v) is 6.86. The minimum atomic E-state index is -0.224. The molecule has 0 unspecified atom stereocenters. The average Bonchev–Trinajstić information content (AvgIpc) is 3.36. The molecule has 4 aromatic heterocycles. The molecule has 134 valence electrons. The maximum absolute atomic E-state index is 13.3. The Balaban J connectivity index is 1.92. The lowest BCUT2D eigenvalue weighted by atomic mass is 10.2. The molecule has 0 saturated carbocycles. The Bertz CT molecular complexity index is 1600. The first kappa shape index (κ1) is 15.4. The van der Waals surface area contributed by atoms with Crippen LogP contribution in [-0.4, -0.2) is 14.4 Å². The number of imidazole rings is 1. The van der Waals surface area contributed by atoms with Crippen LogP contribution in [0.4, 0.5) is 0 Å². The van der Waals surface area contributed by atoms with Crippen molar-refractivity contribution in [3.05, 3.63) is 76.1 Å². The number of nitrogens with zero attached hydrogens (tertiary/aromatic N) is 3. The van der Waals surface area contributed by atoms with Crippen LogP contribution in [0.3, 0.4) is 0 Å². The smallest absolute Gasteiger partial charge is 0.236 e. The van der Waals surface area contributed by atoms with Crippen molar-refractivity contribution < 1.29 is 8.83 Å². The molecule has 0 spiro atoms. The van der Waals surface area contributed by atoms with Gasteiger partial charge >= 0.3 is 0 Å². The first-order chi connectivity index (χ1) is 13.7. The molecular formula is C21H10ClN3O3. The molecule has 2 aromatic carbocycles. The molecule has 6 nitrogen and oxygen atoms in total. The van der Waals surface area contributed by atoms with Gasteiger partial charge in [0, 0.05) is 5.02 Å². The summed E-state index contributed by atoms with van der Waals surface area (Å²) in [5, 5.41) is 1.16. The van der Waals surface area contributed by atoms with E-state index in [4.69, 9.17) is 25.4 Å². The fraction of sp³-hybridized carbons (Fsp3) is 0. The fourth-order valence-electron chi connectivity index (χ4n) is 3.56. The third-order valence-corrected chi connectivity index (χ3v) is 5.01. The number of fused-ring (bicyclic) bond motifs is 6. The Morgan fingerprint density at radius 2 is 1.89 bits per heavy atom. The van der Waals surface area contributed by atoms with Crippen LogP contribution in [0.2, 0.25) is 5.02 Å². The molecule has 0 radical (unpaired) electrons. The van der Waals surface area contributed by atoms with Gasteiger partial charge in [-0.15, -0.1) is 0 Å². The summed E-state index contributed by atoms with van der Waals surface area (Å²) in [5.74, 6) is 1.06. The van der Waals surface area contributed by atoms with Gasteiger partial charge in [0.05, 0.1) is 22.7 Å². The van der Waals surface area contributed by atoms with Crippen LogP contribution in [0.25, 0.3) is 50.3 Å². The molecule has 0 atom stereocenters. The van der Waals surface area contributed by atoms with Crippen LogP contribution in [-0.2, 0) is 0 Å². The quantitative estimate of drug-likeness (QED) is 0.369. The maximum Gasteiger partial charge on any atom is 0.236 e. The minimum Gasteiger partial charge on any atom is -0.461 e. The highest BCUT2D eigenvalue weighted by atomic mass is 35.5. The Morgan fingerprint density at radius 3 is 2.75 bits per heavy atom. The van der Waals surface area contributed by atoms with Gasteiger partial charge in [-0.25, -0.2) is 4.98 Å². The van der Waals surface area contributed by atoms with E-state index >= 15 is 0 Å². The molecule has 0 bridgehead atoms. The summed E-state index contributed by atoms with van der Waals surface area (Å²) in [6.45, 7) is 0. The molecule has 0 aliphatic heterocycles. The maximum atomic E-state index is 13.3. The first-order valence-corrected chi connectivity index (χ1v) is 8.96. The third kappa shape index (κ3) is 2.00. The van der Waals surface area contributed by atoms with Crippen LogP contribution in [0.1, 0.15) is 0 Å². The van der Waals surface area contributed by atoms with E-state index in [1.165, 1.54) is 0 Å². The van der Waals surface area contributed by atoms with Gasteiger partial charge in [0.1, 0.15) is 11.0 Å². The highest BCUT2D eigenvalue weighted by molar-refractivity contribution is 6.31. The molecule has 0 amide bonds. The highest BCUT2D eigenvalue weighted by Gasteiger charge is 2.21. The highest BCUT2D eigenvalue weighted by Crippen LogP contribution is 2.30. The fourth-order valence-corrected chi connectivity index (χ4v) is 3.73. The van der Waals surface area contributed by atoms with Crippen molar-refractivity contribution in [1.82, 2.24) is 14.4 Å². The van der Waals surface area contributed by atoms with E-state index in [9.17, 15) is 4.79 Å². The monoisotopic (exact) mass is 387 g/mol. The topological polar surface area (TPSA) is 73.5 Å². The summed E-state index contributed by atoms with van der Waals surface area (Å²) < 4.78 is 13.4. The summed E-state index contributed by atoms with van der Waals surface area (Å²) in [7, 11) is 0. The Kier molecular flexibility index (Phi) is 2.99. The Hall–Kier alpha value is -3.64. The van der Waals surface area contributed by atoms with E-state index in [2.05, 4.69) is 4.98 Å². The van der Waals surface area contributed by atoms with Gasteiger partial charge < -0.3 is 8.83 Å². The predicted molar refractivity (Wildman–Crippen MR) is 107 cm³/mol. The standard InChI is InChI=1S/C21H10ClN3O3/c22-11-7-8-15-12(10-11)18(26)17-20-23-13-4-1-2-5-14(13)25(20)19(24-21(17)28-15)16-6-3-9-27-16/h1-10H. The van der Waals surface area contributed by atoms with Gasteiger partial charge in [0.25, 0.3) is 0 Å². The number of hydrogen-bond acceptors (Lipinski definition) is 5. The van der Waals surface area contributed by atoms with Gasteiger partial charge in [-0.1, -0.05) is 23.7 Å². The van der Waals surface area contributed by atoms with Crippen molar-refractivity contribution in [2.24, 2.45) is 0 Å². The van der Waals surface area contributed by atoms with E-state index < -0.39 is 0 Å². The van der Waals surface area contributed by atoms with Gasteiger partial charge in [-0.05, 0) is 42.5 Å². The Morgan fingerprint density at radius 1 is 1.00 bits per heavy atom. The molecule has 7 heteroatoms. The lowest BCUT2D eigenvalue weighted by Crippen LogP contribution is -2.07. The van der Waals surface area contributed by atoms with Crippen LogP contribution >= 0.6 is 11.6 Å². The molecular weight excluding hydrogens is 378 g/mol. The lowest BCUT2D eigenvalue weighted by molar-refractivity contribution is 0.574. The van der Waals surface area contributed by atoms with E-state index in [1.54, 1.807) is 36.6 Å². The summed E-state index contributed by atoms with van der Waals surface area (Å²) >= 11 is 6.09. The molecule has 0 saturated heterocycles. The molecule has 28 heavy (non-hydrogen) atoms. The van der Waals surface area contributed by atoms with E-state index in [-0.39, 0.29) is 11.1 Å². The van der Waals surface area contributed by atoms with Gasteiger partial charge in [0.2, 0.25) is 11.1 Å². The molecule has 0 aliphatic rings. The van der Waals surface area contributed by atoms with Gasteiger partial charge in [0.15, 0.2) is 17.2 Å². The minimum absolute atomic E-state index is 0.203. The van der Waals surface area contributed by atoms with Crippen molar-refractivity contribution in [1.29, 1.82) is 0 Å². The first-order valence-electron chi connectivity index (χ1n) is 8.58.